The summed E-state index contributed by atoms with van der Waals surface area (Å²) in [5, 5.41) is 7.82. The van der Waals surface area contributed by atoms with Crippen LogP contribution in [0.2, 0.25) is 0 Å². The summed E-state index contributed by atoms with van der Waals surface area (Å²) in [7, 11) is 0. The van der Waals surface area contributed by atoms with Crippen LogP contribution in [0.5, 0.6) is 0 Å². The van der Waals surface area contributed by atoms with Gasteiger partial charge in [0, 0.05) is 22.1 Å². The first-order chi connectivity index (χ1) is 34.3. The van der Waals surface area contributed by atoms with Crippen LogP contribution in [-0.4, -0.2) is 0 Å². The van der Waals surface area contributed by atoms with Gasteiger partial charge in [-0.15, -0.1) is 0 Å². The molecule has 362 valence electrons. The molecule has 0 N–H and O–H groups in total. The zero-order valence-electron chi connectivity index (χ0n) is 45.2. The van der Waals surface area contributed by atoms with Crippen molar-refractivity contribution in [3.63, 3.8) is 0 Å². The first-order valence-electron chi connectivity index (χ1n) is 26.2. The zero-order valence-corrected chi connectivity index (χ0v) is 45.2. The number of aryl methyl sites for hydroxylation is 4. The van der Waals surface area contributed by atoms with Crippen molar-refractivity contribution < 1.29 is 0 Å². The highest BCUT2D eigenvalue weighted by atomic mass is 15.2. The van der Waals surface area contributed by atoms with Crippen LogP contribution in [0.1, 0.15) is 126 Å². The predicted octanol–water partition coefficient (Wildman–Crippen LogP) is 20.9. The zero-order chi connectivity index (χ0) is 51.0. The average molecular weight is 941 g/mol. The topological polar surface area (TPSA) is 6.48 Å². The van der Waals surface area contributed by atoms with Gasteiger partial charge in [-0.3, -0.25) is 0 Å². The Labute approximate surface area is 430 Å². The highest BCUT2D eigenvalue weighted by Crippen LogP contribution is 2.54. The summed E-state index contributed by atoms with van der Waals surface area (Å²) in [6, 6.07) is 64.8. The van der Waals surface area contributed by atoms with E-state index in [1.165, 1.54) is 133 Å². The average Bonchev–Trinajstić information content (AvgIpc) is 3.34. The minimum absolute atomic E-state index is 0.126. The largest absolute Gasteiger partial charge is 0.309 e. The Kier molecular flexibility index (Phi) is 12.4. The number of rotatable bonds is 10. The van der Waals surface area contributed by atoms with Crippen molar-refractivity contribution in [1.29, 1.82) is 0 Å². The molecule has 10 aromatic rings. The van der Waals surface area contributed by atoms with Crippen molar-refractivity contribution in [1.82, 2.24) is 0 Å². The molecule has 0 aliphatic carbocycles. The highest BCUT2D eigenvalue weighted by Gasteiger charge is 2.31. The molecule has 0 atom stereocenters. The van der Waals surface area contributed by atoms with Gasteiger partial charge in [0.05, 0.1) is 22.7 Å². The summed E-state index contributed by atoms with van der Waals surface area (Å²) in [4.78, 5) is 5.26. The molecule has 2 heteroatoms. The van der Waals surface area contributed by atoms with E-state index in [9.17, 15) is 0 Å². The van der Waals surface area contributed by atoms with Crippen LogP contribution in [0.25, 0.3) is 54.6 Å². The molecule has 0 bridgehead atoms. The second-order valence-electron chi connectivity index (χ2n) is 23.3. The van der Waals surface area contributed by atoms with E-state index in [4.69, 9.17) is 0 Å². The lowest BCUT2D eigenvalue weighted by Gasteiger charge is -2.36. The molecule has 0 aliphatic rings. The van der Waals surface area contributed by atoms with Gasteiger partial charge in [-0.05, 0) is 175 Å². The van der Waals surface area contributed by atoms with Crippen LogP contribution < -0.4 is 9.80 Å². The van der Waals surface area contributed by atoms with E-state index in [0.717, 1.165) is 0 Å². The molecule has 0 aromatic heterocycles. The van der Waals surface area contributed by atoms with Crippen molar-refractivity contribution in [3.8, 4) is 22.3 Å². The Balaban J connectivity index is 1.37. The summed E-state index contributed by atoms with van der Waals surface area (Å²) in [5.74, 6) is 0.522. The number of nitrogens with zero attached hydrogens (tertiary/aromatic N) is 2. The van der Waals surface area contributed by atoms with E-state index >= 15 is 0 Å². The van der Waals surface area contributed by atoms with Crippen molar-refractivity contribution in [2.75, 3.05) is 9.80 Å². The molecule has 0 heterocycles. The fraction of sp³-hybridized carbons (Fsp3) is 0.257. The van der Waals surface area contributed by atoms with Gasteiger partial charge in [-0.2, -0.15) is 0 Å². The molecule has 10 rings (SSSR count). The van der Waals surface area contributed by atoms with E-state index in [-0.39, 0.29) is 22.7 Å². The third-order valence-corrected chi connectivity index (χ3v) is 15.2. The molecular formula is C70H72N2. The van der Waals surface area contributed by atoms with Crippen LogP contribution in [0.4, 0.5) is 34.1 Å². The molecule has 0 aliphatic heterocycles. The lowest BCUT2D eigenvalue weighted by atomic mass is 9.82. The fourth-order valence-electron chi connectivity index (χ4n) is 11.4. The lowest BCUT2D eigenvalue weighted by molar-refractivity contribution is 0.590. The van der Waals surface area contributed by atoms with Gasteiger partial charge in [0.1, 0.15) is 0 Å². The summed E-state index contributed by atoms with van der Waals surface area (Å²) in [5.41, 5.74) is 22.1. The standard InChI is InChI=1S/C70H72N2/c1-43(2)57-41-63(71(65-37-45(5)25-35-59(65)69(9,10)11)61-39-51(29-27-47(61)7)49-21-17-15-18-22-49)55-34-32-54-58(44(3)4)42-64(56-33-31-53(57)67(55)68(54)56)72(66-38-46(6)26-36-60(66)70(12,13)14)62-40-52(30-28-48(62)8)50-23-19-16-20-24-50/h15-44H,1-14H3. The summed E-state index contributed by atoms with van der Waals surface area (Å²) >= 11 is 0. The Morgan fingerprint density at radius 1 is 0.319 bits per heavy atom. The molecule has 10 aromatic carbocycles. The Morgan fingerprint density at radius 2 is 0.681 bits per heavy atom. The first kappa shape index (κ1) is 48.5. The van der Waals surface area contributed by atoms with E-state index in [2.05, 4.69) is 277 Å². The minimum atomic E-state index is -0.126. The molecule has 0 saturated carbocycles. The van der Waals surface area contributed by atoms with Crippen LogP contribution in [0.3, 0.4) is 0 Å². The van der Waals surface area contributed by atoms with Crippen LogP contribution in [0.15, 0.2) is 170 Å². The second-order valence-corrected chi connectivity index (χ2v) is 23.3. The van der Waals surface area contributed by atoms with Crippen molar-refractivity contribution in [3.05, 3.63) is 214 Å². The SMILES string of the molecule is Cc1ccc(C(C)(C)C)c(N(c2cc(-c3ccccc3)ccc2C)c2cc(C(C)C)c3ccc4c(N(c5cc(-c6ccccc6)ccc5C)c5cc(C)ccc5C(C)(C)C)cc(C(C)C)c5ccc2c3c54)c1. The van der Waals surface area contributed by atoms with Crippen molar-refractivity contribution in [2.24, 2.45) is 0 Å². The predicted molar refractivity (Wildman–Crippen MR) is 315 cm³/mol. The molecule has 0 fully saturated rings. The Morgan fingerprint density at radius 3 is 1.03 bits per heavy atom. The maximum absolute atomic E-state index is 2.63. The summed E-state index contributed by atoms with van der Waals surface area (Å²) in [6.07, 6.45) is 0. The number of hydrogen-bond donors (Lipinski definition) is 0. The number of benzene rings is 10. The van der Waals surface area contributed by atoms with Gasteiger partial charge >= 0.3 is 0 Å². The number of anilines is 6. The minimum Gasteiger partial charge on any atom is -0.309 e. The highest BCUT2D eigenvalue weighted by molar-refractivity contribution is 6.29. The molecule has 0 unspecified atom stereocenters. The Bertz CT molecular complexity index is 3390. The van der Waals surface area contributed by atoms with E-state index < -0.39 is 0 Å². The van der Waals surface area contributed by atoms with Crippen molar-refractivity contribution >= 4 is 66.4 Å². The van der Waals surface area contributed by atoms with Crippen LogP contribution in [-0.2, 0) is 10.8 Å². The van der Waals surface area contributed by atoms with Gasteiger partial charge in [0.15, 0.2) is 0 Å². The lowest BCUT2D eigenvalue weighted by Crippen LogP contribution is -2.21. The molecule has 72 heavy (non-hydrogen) atoms. The van der Waals surface area contributed by atoms with E-state index in [1.807, 2.05) is 0 Å². The molecular weight excluding hydrogens is 869 g/mol. The molecule has 0 saturated heterocycles. The summed E-state index contributed by atoms with van der Waals surface area (Å²) in [6.45, 7) is 32.7. The third kappa shape index (κ3) is 8.63. The molecule has 0 amide bonds. The molecule has 2 nitrogen and oxygen atoms in total. The normalized spacial score (nSPS) is 12.3. The van der Waals surface area contributed by atoms with Gasteiger partial charge in [0.2, 0.25) is 0 Å². The second kappa shape index (κ2) is 18.5. The van der Waals surface area contributed by atoms with Gasteiger partial charge in [0.25, 0.3) is 0 Å². The van der Waals surface area contributed by atoms with E-state index in [1.54, 1.807) is 0 Å². The van der Waals surface area contributed by atoms with Gasteiger partial charge < -0.3 is 9.80 Å². The fourth-order valence-corrected chi connectivity index (χ4v) is 11.4. The summed E-state index contributed by atoms with van der Waals surface area (Å²) < 4.78 is 0. The Hall–Kier alpha value is -7.16. The van der Waals surface area contributed by atoms with Crippen LogP contribution in [0, 0.1) is 27.7 Å². The maximum atomic E-state index is 2.63. The van der Waals surface area contributed by atoms with Gasteiger partial charge in [-0.1, -0.05) is 203 Å². The maximum Gasteiger partial charge on any atom is 0.0543 e. The van der Waals surface area contributed by atoms with Gasteiger partial charge in [-0.25, -0.2) is 0 Å². The smallest absolute Gasteiger partial charge is 0.0543 e. The van der Waals surface area contributed by atoms with Crippen LogP contribution >= 0.6 is 0 Å². The number of hydrogen-bond acceptors (Lipinski definition) is 2. The molecule has 0 radical (unpaired) electrons. The monoisotopic (exact) mass is 941 g/mol. The quantitative estimate of drug-likeness (QED) is 0.126. The van der Waals surface area contributed by atoms with E-state index in [0.29, 0.717) is 0 Å². The van der Waals surface area contributed by atoms with Crippen molar-refractivity contribution in [2.45, 2.75) is 120 Å². The third-order valence-electron chi connectivity index (χ3n) is 15.2. The first-order valence-corrected chi connectivity index (χ1v) is 26.2. The molecule has 0 spiro atoms.